The summed E-state index contributed by atoms with van der Waals surface area (Å²) in [6.45, 7) is 10.0. The third-order valence-electron chi connectivity index (χ3n) is 7.26. The van der Waals surface area contributed by atoms with Gasteiger partial charge in [0.05, 0.1) is 12.6 Å². The normalized spacial score (nSPS) is 18.0. The number of nitrogens with one attached hydrogen (secondary N) is 3. The van der Waals surface area contributed by atoms with E-state index in [2.05, 4.69) is 31.2 Å². The first-order valence-corrected chi connectivity index (χ1v) is 14.9. The minimum Gasteiger partial charge on any atom is -0.361 e. The molecule has 13 nitrogen and oxygen atoms in total. The van der Waals surface area contributed by atoms with Gasteiger partial charge in [-0.2, -0.15) is 5.10 Å². The molecule has 2 aromatic heterocycles. The highest BCUT2D eigenvalue weighted by atomic mass is 16.6. The van der Waals surface area contributed by atoms with Crippen LogP contribution in [0.1, 0.15) is 69.3 Å². The maximum Gasteiger partial charge on any atom is 0.274 e. The monoisotopic (exact) mass is 607 g/mol. The quantitative estimate of drug-likeness (QED) is 0.206. The first kappa shape index (κ1) is 32.5. The fraction of sp³-hybridized carbons (Fsp3) is 0.516. The van der Waals surface area contributed by atoms with E-state index in [-0.39, 0.29) is 36.3 Å². The van der Waals surface area contributed by atoms with Crippen molar-refractivity contribution >= 4 is 23.5 Å². The number of amides is 3. The fourth-order valence-corrected chi connectivity index (χ4v) is 4.83. The Bertz CT molecular complexity index is 1420. The highest BCUT2D eigenvalue weighted by molar-refractivity contribution is 5.99. The number of epoxide rings is 1. The lowest BCUT2D eigenvalue weighted by Crippen LogP contribution is -2.57. The van der Waals surface area contributed by atoms with Crippen molar-refractivity contribution in [1.29, 1.82) is 0 Å². The zero-order valence-electron chi connectivity index (χ0n) is 25.8. The molecule has 3 N–H and O–H groups in total. The van der Waals surface area contributed by atoms with Crippen LogP contribution < -0.4 is 16.0 Å². The molecule has 1 aromatic carbocycles. The molecule has 0 radical (unpaired) electrons. The van der Waals surface area contributed by atoms with Gasteiger partial charge in [-0.1, -0.05) is 63.2 Å². The molecule has 1 fully saturated rings. The molecule has 3 aromatic rings. The average molecular weight is 608 g/mol. The lowest BCUT2D eigenvalue weighted by Gasteiger charge is -2.27. The van der Waals surface area contributed by atoms with Crippen LogP contribution in [0, 0.1) is 11.8 Å². The first-order valence-electron chi connectivity index (χ1n) is 14.9. The van der Waals surface area contributed by atoms with E-state index in [1.165, 1.54) is 23.4 Å². The zero-order valence-corrected chi connectivity index (χ0v) is 25.8. The van der Waals surface area contributed by atoms with Crippen molar-refractivity contribution in [1.82, 2.24) is 35.9 Å². The largest absolute Gasteiger partial charge is 0.361 e. The molecule has 0 aliphatic carbocycles. The number of ether oxygens (including phenoxy) is 1. The minimum absolute atomic E-state index is 0.00563. The number of carbonyl (C=O) groups is 4. The van der Waals surface area contributed by atoms with E-state index in [0.717, 1.165) is 5.56 Å². The van der Waals surface area contributed by atoms with Crippen LogP contribution in [0.3, 0.4) is 0 Å². The van der Waals surface area contributed by atoms with Gasteiger partial charge in [0.15, 0.2) is 17.2 Å². The average Bonchev–Trinajstić information content (AvgIpc) is 3.33. The van der Waals surface area contributed by atoms with Gasteiger partial charge in [0.2, 0.25) is 11.8 Å². The summed E-state index contributed by atoms with van der Waals surface area (Å²) in [5, 5.41) is 16.3. The Morgan fingerprint density at radius 1 is 0.932 bits per heavy atom. The Kier molecular flexibility index (Phi) is 10.6. The molecule has 4 rings (SSSR count). The Balaban J connectivity index is 1.49. The summed E-state index contributed by atoms with van der Waals surface area (Å²) in [7, 11) is 0. The Morgan fingerprint density at radius 2 is 1.57 bits per heavy atom. The van der Waals surface area contributed by atoms with Gasteiger partial charge in [-0.3, -0.25) is 19.2 Å². The summed E-state index contributed by atoms with van der Waals surface area (Å²) in [6, 6.07) is 8.01. The predicted molar refractivity (Wildman–Crippen MR) is 159 cm³/mol. The van der Waals surface area contributed by atoms with Crippen LogP contribution in [0.2, 0.25) is 0 Å². The Hall–Kier alpha value is -4.39. The first-order chi connectivity index (χ1) is 20.9. The summed E-state index contributed by atoms with van der Waals surface area (Å²) in [4.78, 5) is 57.6. The molecule has 236 valence electrons. The summed E-state index contributed by atoms with van der Waals surface area (Å²) in [5.41, 5.74) is -0.0799. The number of benzene rings is 1. The van der Waals surface area contributed by atoms with Crippen LogP contribution in [0.5, 0.6) is 0 Å². The van der Waals surface area contributed by atoms with Crippen molar-refractivity contribution in [2.24, 2.45) is 11.8 Å². The maximum absolute atomic E-state index is 13.7. The molecular formula is C31H41N7O6. The molecule has 4 atom stereocenters. The molecule has 0 unspecified atom stereocenters. The van der Waals surface area contributed by atoms with Gasteiger partial charge >= 0.3 is 0 Å². The molecule has 3 amide bonds. The Morgan fingerprint density at radius 3 is 2.18 bits per heavy atom. The van der Waals surface area contributed by atoms with Crippen molar-refractivity contribution in [2.45, 2.75) is 84.2 Å². The second-order valence-corrected chi connectivity index (χ2v) is 12.3. The molecule has 1 aliphatic rings. The highest BCUT2D eigenvalue weighted by Crippen LogP contribution is 2.29. The van der Waals surface area contributed by atoms with E-state index < -0.39 is 41.4 Å². The van der Waals surface area contributed by atoms with Gasteiger partial charge in [0.25, 0.3) is 5.91 Å². The predicted octanol–water partition coefficient (Wildman–Crippen LogP) is 2.08. The van der Waals surface area contributed by atoms with Crippen molar-refractivity contribution < 1.29 is 28.4 Å². The maximum atomic E-state index is 13.7. The van der Waals surface area contributed by atoms with Crippen molar-refractivity contribution in [3.63, 3.8) is 0 Å². The second kappa shape index (κ2) is 14.4. The van der Waals surface area contributed by atoms with Gasteiger partial charge in [0.1, 0.15) is 36.9 Å². The lowest BCUT2D eigenvalue weighted by molar-refractivity contribution is -0.133. The van der Waals surface area contributed by atoms with Gasteiger partial charge in [-0.25, -0.2) is 9.67 Å². The van der Waals surface area contributed by atoms with Gasteiger partial charge in [0, 0.05) is 12.5 Å². The van der Waals surface area contributed by atoms with Crippen LogP contribution >= 0.6 is 0 Å². The number of hydrogen-bond donors (Lipinski definition) is 3. The minimum atomic E-state index is -1.01. The summed E-state index contributed by atoms with van der Waals surface area (Å²) in [5.74, 6) is -1.24. The summed E-state index contributed by atoms with van der Waals surface area (Å²) in [6.07, 6.45) is 3.82. The summed E-state index contributed by atoms with van der Waals surface area (Å²) < 4.78 is 12.1. The third kappa shape index (κ3) is 9.06. The van der Waals surface area contributed by atoms with Crippen molar-refractivity contribution in [3.05, 3.63) is 66.1 Å². The zero-order chi connectivity index (χ0) is 31.9. The number of carbonyl (C=O) groups excluding carboxylic acids is 4. The standard InChI is InChI=1S/C31H41N7O6/c1-19(2)11-23(27(39)31(5)16-43-31)34-29(41)25(13-21-9-7-6-8-10-21)36-28(40)24(12-20(3)4)35-30(42)26-14-22(44-37-26)15-38-18-32-17-33-38/h6-10,14,17-20,23-25H,11-13,15-16H2,1-5H3,(H,34,41)(H,35,42)(H,36,40)/t23-,24-,25-,31+/m0/s1. The van der Waals surface area contributed by atoms with E-state index in [9.17, 15) is 19.2 Å². The molecular weight excluding hydrogens is 566 g/mol. The molecule has 44 heavy (non-hydrogen) atoms. The number of rotatable bonds is 16. The van der Waals surface area contributed by atoms with Gasteiger partial charge in [-0.15, -0.1) is 0 Å². The Labute approximate surface area is 256 Å². The topological polar surface area (TPSA) is 174 Å². The molecule has 0 spiro atoms. The summed E-state index contributed by atoms with van der Waals surface area (Å²) >= 11 is 0. The van der Waals surface area contributed by atoms with E-state index in [1.54, 1.807) is 6.92 Å². The van der Waals surface area contributed by atoms with Crippen LogP contribution in [-0.2, 0) is 32.1 Å². The van der Waals surface area contributed by atoms with Crippen molar-refractivity contribution in [3.8, 4) is 0 Å². The molecule has 0 saturated carbocycles. The van der Waals surface area contributed by atoms with Crippen molar-refractivity contribution in [2.75, 3.05) is 6.61 Å². The van der Waals surface area contributed by atoms with E-state index in [4.69, 9.17) is 9.26 Å². The lowest BCUT2D eigenvalue weighted by atomic mass is 9.93. The molecule has 1 saturated heterocycles. The number of hydrogen-bond acceptors (Lipinski definition) is 9. The van der Waals surface area contributed by atoms with Gasteiger partial charge in [-0.05, 0) is 37.2 Å². The third-order valence-corrected chi connectivity index (χ3v) is 7.26. The van der Waals surface area contributed by atoms with Crippen LogP contribution in [0.25, 0.3) is 0 Å². The smallest absolute Gasteiger partial charge is 0.274 e. The SMILES string of the molecule is CC(C)C[C@H](NC(=O)c1cc(Cn2cncn2)on1)C(=O)N[C@@H](Cc1ccccc1)C(=O)N[C@@H](CC(C)C)C(=O)[C@@]1(C)CO1. The number of nitrogens with zero attached hydrogens (tertiary/aromatic N) is 4. The molecule has 0 bridgehead atoms. The molecule has 13 heteroatoms. The van der Waals surface area contributed by atoms with E-state index >= 15 is 0 Å². The van der Waals surface area contributed by atoms with Gasteiger partial charge < -0.3 is 25.2 Å². The van der Waals surface area contributed by atoms with Crippen LogP contribution in [-0.4, -0.2) is 73.8 Å². The van der Waals surface area contributed by atoms with E-state index in [1.807, 2.05) is 58.0 Å². The van der Waals surface area contributed by atoms with E-state index in [0.29, 0.717) is 25.2 Å². The van der Waals surface area contributed by atoms with Crippen LogP contribution in [0.15, 0.2) is 53.6 Å². The second-order valence-electron chi connectivity index (χ2n) is 12.3. The molecule has 3 heterocycles. The number of ketones is 1. The number of Topliss-reactive ketones (excluding diaryl/α,β-unsaturated/α-hetero) is 1. The fourth-order valence-electron chi connectivity index (χ4n) is 4.83. The van der Waals surface area contributed by atoms with Crippen LogP contribution in [0.4, 0.5) is 0 Å². The highest BCUT2D eigenvalue weighted by Gasteiger charge is 2.50. The molecule has 1 aliphatic heterocycles. The number of aromatic nitrogens is 4.